The van der Waals surface area contributed by atoms with Crippen molar-refractivity contribution < 1.29 is 9.47 Å². The van der Waals surface area contributed by atoms with Crippen LogP contribution in [-0.4, -0.2) is 43.0 Å². The summed E-state index contributed by atoms with van der Waals surface area (Å²) in [4.78, 5) is 4.66. The molecule has 1 aromatic heterocycles. The number of hydrogen-bond donors (Lipinski definition) is 2. The van der Waals surface area contributed by atoms with Gasteiger partial charge in [-0.05, 0) is 30.7 Å². The third-order valence-corrected chi connectivity index (χ3v) is 4.53. The first-order valence-electron chi connectivity index (χ1n) is 9.12. The van der Waals surface area contributed by atoms with Gasteiger partial charge >= 0.3 is 0 Å². The van der Waals surface area contributed by atoms with E-state index in [-0.39, 0.29) is 5.41 Å². The quantitative estimate of drug-likeness (QED) is 0.549. The van der Waals surface area contributed by atoms with Crippen molar-refractivity contribution in [3.05, 3.63) is 41.7 Å². The molecule has 0 saturated heterocycles. The van der Waals surface area contributed by atoms with E-state index in [9.17, 15) is 0 Å². The van der Waals surface area contributed by atoms with Crippen molar-refractivity contribution in [3.8, 4) is 11.5 Å². The van der Waals surface area contributed by atoms with Gasteiger partial charge in [0.25, 0.3) is 0 Å². The number of rotatable bonds is 8. The first-order valence-corrected chi connectivity index (χ1v) is 9.12. The lowest BCUT2D eigenvalue weighted by atomic mass is 9.84. The number of hydrogen-bond acceptors (Lipinski definition) is 4. The minimum absolute atomic E-state index is 0.123. The van der Waals surface area contributed by atoms with Crippen LogP contribution in [0.4, 0.5) is 0 Å². The van der Waals surface area contributed by atoms with Gasteiger partial charge in [-0.15, -0.1) is 0 Å². The van der Waals surface area contributed by atoms with Crippen molar-refractivity contribution in [2.24, 2.45) is 12.0 Å². The molecule has 2 N–H and O–H groups in total. The number of guanidine groups is 1. The summed E-state index contributed by atoms with van der Waals surface area (Å²) in [5.74, 6) is 2.25. The number of methoxy groups -OCH3 is 2. The van der Waals surface area contributed by atoms with Crippen LogP contribution in [0.15, 0.2) is 35.5 Å². The monoisotopic (exact) mass is 373 g/mol. The van der Waals surface area contributed by atoms with Gasteiger partial charge in [0.1, 0.15) is 0 Å². The first kappa shape index (κ1) is 20.6. The summed E-state index contributed by atoms with van der Waals surface area (Å²) < 4.78 is 12.6. The van der Waals surface area contributed by atoms with E-state index in [1.807, 2.05) is 29.9 Å². The summed E-state index contributed by atoms with van der Waals surface area (Å²) in [6.45, 7) is 8.52. The third-order valence-electron chi connectivity index (χ3n) is 4.53. The minimum atomic E-state index is -0.123. The molecule has 0 bridgehead atoms. The number of aromatic nitrogens is 2. The van der Waals surface area contributed by atoms with Gasteiger partial charge in [-0.3, -0.25) is 4.68 Å². The van der Waals surface area contributed by atoms with Gasteiger partial charge in [0.2, 0.25) is 0 Å². The Morgan fingerprint density at radius 1 is 1.15 bits per heavy atom. The maximum Gasteiger partial charge on any atom is 0.191 e. The Balaban J connectivity index is 2.09. The zero-order valence-electron chi connectivity index (χ0n) is 17.2. The molecular formula is C20H31N5O2. The molecule has 27 heavy (non-hydrogen) atoms. The molecule has 7 nitrogen and oxygen atoms in total. The van der Waals surface area contributed by atoms with Gasteiger partial charge in [-0.1, -0.05) is 19.9 Å². The van der Waals surface area contributed by atoms with Gasteiger partial charge in [0.15, 0.2) is 17.5 Å². The van der Waals surface area contributed by atoms with Crippen LogP contribution in [0, 0.1) is 0 Å². The zero-order valence-corrected chi connectivity index (χ0v) is 17.2. The molecule has 2 rings (SSSR count). The number of nitrogens with zero attached hydrogens (tertiary/aromatic N) is 3. The van der Waals surface area contributed by atoms with E-state index in [0.29, 0.717) is 6.54 Å². The second-order valence-corrected chi connectivity index (χ2v) is 6.95. The molecule has 0 atom stereocenters. The molecule has 0 amide bonds. The summed E-state index contributed by atoms with van der Waals surface area (Å²) in [6, 6.07) is 8.02. The maximum absolute atomic E-state index is 5.44. The lowest BCUT2D eigenvalue weighted by molar-refractivity contribution is 0.353. The van der Waals surface area contributed by atoms with Crippen LogP contribution >= 0.6 is 0 Å². The van der Waals surface area contributed by atoms with Gasteiger partial charge in [-0.2, -0.15) is 5.10 Å². The first-order chi connectivity index (χ1) is 12.9. The lowest BCUT2D eigenvalue weighted by Gasteiger charge is -2.27. The standard InChI is InChI=1S/C20H31N5O2/c1-7-21-19(22-13-16-10-11-24-25(16)4)23-14-20(2,3)15-8-9-17(26-5)18(12-15)27-6/h8-12H,7,13-14H2,1-6H3,(H2,21,22,23). The molecule has 148 valence electrons. The largest absolute Gasteiger partial charge is 0.493 e. The summed E-state index contributed by atoms with van der Waals surface area (Å²) in [6.07, 6.45) is 1.78. The number of aryl methyl sites for hydroxylation is 1. The van der Waals surface area contributed by atoms with E-state index < -0.39 is 0 Å². The zero-order chi connectivity index (χ0) is 19.9. The van der Waals surface area contributed by atoms with Crippen molar-refractivity contribution in [1.82, 2.24) is 20.4 Å². The molecule has 0 spiro atoms. The highest BCUT2D eigenvalue weighted by atomic mass is 16.5. The lowest BCUT2D eigenvalue weighted by Crippen LogP contribution is -2.43. The Bertz CT molecular complexity index is 767. The molecule has 0 aliphatic carbocycles. The summed E-state index contributed by atoms with van der Waals surface area (Å²) >= 11 is 0. The summed E-state index contributed by atoms with van der Waals surface area (Å²) in [5.41, 5.74) is 2.10. The number of nitrogens with one attached hydrogen (secondary N) is 2. The highest BCUT2D eigenvalue weighted by molar-refractivity contribution is 5.79. The Kier molecular flexibility index (Phi) is 7.10. The van der Waals surface area contributed by atoms with E-state index in [4.69, 9.17) is 9.47 Å². The molecule has 0 fully saturated rings. The molecule has 0 radical (unpaired) electrons. The van der Waals surface area contributed by atoms with Crippen LogP contribution < -0.4 is 20.1 Å². The van der Waals surface area contributed by atoms with Crippen LogP contribution in [0.5, 0.6) is 11.5 Å². The fraction of sp³-hybridized carbons (Fsp3) is 0.500. The van der Waals surface area contributed by atoms with Crippen LogP contribution in [0.2, 0.25) is 0 Å². The van der Waals surface area contributed by atoms with Crippen molar-refractivity contribution in [3.63, 3.8) is 0 Å². The second-order valence-electron chi connectivity index (χ2n) is 6.95. The van der Waals surface area contributed by atoms with Crippen LogP contribution in [0.25, 0.3) is 0 Å². The van der Waals surface area contributed by atoms with Crippen LogP contribution in [-0.2, 0) is 19.0 Å². The number of ether oxygens (including phenoxy) is 2. The van der Waals surface area contributed by atoms with E-state index in [1.165, 1.54) is 0 Å². The molecule has 7 heteroatoms. The molecular weight excluding hydrogens is 342 g/mol. The maximum atomic E-state index is 5.44. The molecule has 2 aromatic rings. The molecule has 1 aromatic carbocycles. The Morgan fingerprint density at radius 3 is 2.48 bits per heavy atom. The highest BCUT2D eigenvalue weighted by Gasteiger charge is 2.22. The fourth-order valence-corrected chi connectivity index (χ4v) is 2.72. The smallest absolute Gasteiger partial charge is 0.191 e. The Hall–Kier alpha value is -2.70. The summed E-state index contributed by atoms with van der Waals surface area (Å²) in [7, 11) is 5.22. The van der Waals surface area contributed by atoms with E-state index in [1.54, 1.807) is 20.4 Å². The second kappa shape index (κ2) is 9.30. The normalized spacial score (nSPS) is 12.0. The Labute approximate surface area is 161 Å². The van der Waals surface area contributed by atoms with Gasteiger partial charge < -0.3 is 20.1 Å². The number of benzene rings is 1. The topological polar surface area (TPSA) is 72.7 Å². The fourth-order valence-electron chi connectivity index (χ4n) is 2.72. The average Bonchev–Trinajstić information content (AvgIpc) is 3.08. The van der Waals surface area contributed by atoms with Crippen LogP contribution in [0.1, 0.15) is 32.0 Å². The van der Waals surface area contributed by atoms with Crippen molar-refractivity contribution in [1.29, 1.82) is 0 Å². The molecule has 0 aliphatic rings. The van der Waals surface area contributed by atoms with Crippen molar-refractivity contribution in [2.75, 3.05) is 27.3 Å². The predicted octanol–water partition coefficient (Wildman–Crippen LogP) is 2.47. The van der Waals surface area contributed by atoms with Crippen molar-refractivity contribution >= 4 is 5.96 Å². The average molecular weight is 374 g/mol. The summed E-state index contributed by atoms with van der Waals surface area (Å²) in [5, 5.41) is 10.9. The van der Waals surface area contributed by atoms with E-state index >= 15 is 0 Å². The Morgan fingerprint density at radius 2 is 1.89 bits per heavy atom. The van der Waals surface area contributed by atoms with Gasteiger partial charge in [0, 0.05) is 31.7 Å². The van der Waals surface area contributed by atoms with Gasteiger partial charge in [-0.25, -0.2) is 4.99 Å². The van der Waals surface area contributed by atoms with Crippen molar-refractivity contribution in [2.45, 2.75) is 32.7 Å². The highest BCUT2D eigenvalue weighted by Crippen LogP contribution is 2.32. The predicted molar refractivity (Wildman–Crippen MR) is 109 cm³/mol. The minimum Gasteiger partial charge on any atom is -0.493 e. The van der Waals surface area contributed by atoms with Gasteiger partial charge in [0.05, 0.1) is 26.5 Å². The SMILES string of the molecule is CCNC(=NCc1ccnn1C)NCC(C)(C)c1ccc(OC)c(OC)c1. The number of aliphatic imine (C=N–C) groups is 1. The molecule has 0 saturated carbocycles. The van der Waals surface area contributed by atoms with E-state index in [0.717, 1.165) is 41.8 Å². The molecule has 1 heterocycles. The third kappa shape index (κ3) is 5.39. The molecule has 0 aliphatic heterocycles. The van der Waals surface area contributed by atoms with E-state index in [2.05, 4.69) is 47.6 Å². The molecule has 0 unspecified atom stereocenters. The van der Waals surface area contributed by atoms with Crippen LogP contribution in [0.3, 0.4) is 0 Å².